The van der Waals surface area contributed by atoms with Crippen LogP contribution in [0.1, 0.15) is 11.1 Å². The van der Waals surface area contributed by atoms with E-state index in [4.69, 9.17) is 9.47 Å². The molecule has 0 radical (unpaired) electrons. The quantitative estimate of drug-likeness (QED) is 0.174. The lowest BCUT2D eigenvalue weighted by atomic mass is 10.2. The fourth-order valence-electron chi connectivity index (χ4n) is 3.81. The summed E-state index contributed by atoms with van der Waals surface area (Å²) in [7, 11) is 0. The maximum atomic E-state index is 11.2. The molecule has 0 unspecified atom stereocenters. The predicted molar refractivity (Wildman–Crippen MR) is 148 cm³/mol. The number of anilines is 4. The lowest BCUT2D eigenvalue weighted by Crippen LogP contribution is -2.37. The number of nitro groups is 1. The third-order valence-electron chi connectivity index (χ3n) is 5.79. The zero-order valence-electron chi connectivity index (χ0n) is 20.9. The number of nitro benzene ring substituents is 1. The van der Waals surface area contributed by atoms with E-state index in [9.17, 15) is 10.1 Å². The molecule has 0 amide bonds. The first-order valence-electron chi connectivity index (χ1n) is 12.3. The molecule has 0 saturated carbocycles. The number of nitrogens with zero attached hydrogens (tertiary/aromatic N) is 6. The van der Waals surface area contributed by atoms with Crippen molar-refractivity contribution in [1.82, 2.24) is 15.0 Å². The summed E-state index contributed by atoms with van der Waals surface area (Å²) in [4.78, 5) is 26.4. The zero-order chi connectivity index (χ0) is 26.9. The molecule has 12 nitrogen and oxygen atoms in total. The second-order valence-electron chi connectivity index (χ2n) is 8.49. The number of aromatic nitrogens is 3. The van der Waals surface area contributed by atoms with Gasteiger partial charge < -0.3 is 19.7 Å². The molecule has 39 heavy (non-hydrogen) atoms. The van der Waals surface area contributed by atoms with Gasteiger partial charge in [-0.25, -0.2) is 5.43 Å². The van der Waals surface area contributed by atoms with E-state index in [0.717, 1.165) is 11.3 Å². The molecule has 5 rings (SSSR count). The van der Waals surface area contributed by atoms with Gasteiger partial charge in [-0.1, -0.05) is 30.3 Å². The van der Waals surface area contributed by atoms with Crippen LogP contribution in [0.25, 0.3) is 0 Å². The van der Waals surface area contributed by atoms with Gasteiger partial charge >= 0.3 is 0 Å². The van der Waals surface area contributed by atoms with Gasteiger partial charge in [-0.2, -0.15) is 20.1 Å². The van der Waals surface area contributed by atoms with Crippen LogP contribution >= 0.6 is 0 Å². The van der Waals surface area contributed by atoms with Gasteiger partial charge in [-0.3, -0.25) is 10.1 Å². The number of nitrogens with one attached hydrogen (secondary N) is 2. The number of hydrogen-bond donors (Lipinski definition) is 2. The van der Waals surface area contributed by atoms with E-state index in [0.29, 0.717) is 55.5 Å². The van der Waals surface area contributed by atoms with E-state index in [2.05, 4.69) is 30.8 Å². The Balaban J connectivity index is 1.24. The van der Waals surface area contributed by atoms with Crippen molar-refractivity contribution in [1.29, 1.82) is 0 Å². The molecule has 2 heterocycles. The number of rotatable bonds is 10. The predicted octanol–water partition coefficient (Wildman–Crippen LogP) is 4.39. The van der Waals surface area contributed by atoms with Crippen LogP contribution in [0.4, 0.5) is 29.2 Å². The van der Waals surface area contributed by atoms with Gasteiger partial charge in [0.1, 0.15) is 12.4 Å². The number of hydrazone groups is 1. The van der Waals surface area contributed by atoms with Gasteiger partial charge in [-0.05, 0) is 48.0 Å². The van der Waals surface area contributed by atoms with E-state index < -0.39 is 4.92 Å². The molecule has 12 heteroatoms. The molecule has 3 aromatic carbocycles. The molecular weight excluding hydrogens is 500 g/mol. The summed E-state index contributed by atoms with van der Waals surface area (Å²) in [6, 6.07) is 23.4. The monoisotopic (exact) mass is 526 g/mol. The van der Waals surface area contributed by atoms with Crippen LogP contribution in [0.5, 0.6) is 5.75 Å². The van der Waals surface area contributed by atoms with Gasteiger partial charge in [-0.15, -0.1) is 0 Å². The normalized spacial score (nSPS) is 13.3. The first-order chi connectivity index (χ1) is 19.1. The van der Waals surface area contributed by atoms with Gasteiger partial charge in [0.2, 0.25) is 17.8 Å². The third kappa shape index (κ3) is 7.02. The highest BCUT2D eigenvalue weighted by Gasteiger charge is 2.17. The van der Waals surface area contributed by atoms with Crippen LogP contribution in [-0.2, 0) is 11.3 Å². The van der Waals surface area contributed by atoms with Crippen LogP contribution in [0.15, 0.2) is 84.0 Å². The van der Waals surface area contributed by atoms with Gasteiger partial charge in [0.05, 0.1) is 29.9 Å². The van der Waals surface area contributed by atoms with Crippen molar-refractivity contribution in [3.8, 4) is 5.75 Å². The Morgan fingerprint density at radius 3 is 2.44 bits per heavy atom. The van der Waals surface area contributed by atoms with Crippen LogP contribution in [0, 0.1) is 10.1 Å². The number of ether oxygens (including phenoxy) is 2. The molecule has 1 aromatic heterocycles. The van der Waals surface area contributed by atoms with Crippen molar-refractivity contribution >= 4 is 35.4 Å². The summed E-state index contributed by atoms with van der Waals surface area (Å²) in [6.45, 7) is 2.68. The summed E-state index contributed by atoms with van der Waals surface area (Å²) in [5.41, 5.74) is 5.10. The molecule has 198 valence electrons. The first kappa shape index (κ1) is 25.5. The average molecular weight is 527 g/mol. The Labute approximate surface area is 224 Å². The molecule has 1 saturated heterocycles. The molecule has 0 spiro atoms. The second-order valence-corrected chi connectivity index (χ2v) is 8.49. The van der Waals surface area contributed by atoms with Crippen LogP contribution < -0.4 is 20.4 Å². The minimum atomic E-state index is -0.414. The molecule has 0 aliphatic carbocycles. The van der Waals surface area contributed by atoms with Gasteiger partial charge in [0, 0.05) is 24.8 Å². The highest BCUT2D eigenvalue weighted by atomic mass is 16.6. The molecule has 1 aliphatic heterocycles. The summed E-state index contributed by atoms with van der Waals surface area (Å²) < 4.78 is 11.2. The molecule has 4 aromatic rings. The van der Waals surface area contributed by atoms with Gasteiger partial charge in [0.25, 0.3) is 5.69 Å². The molecule has 1 fully saturated rings. The highest BCUT2D eigenvalue weighted by Crippen LogP contribution is 2.21. The minimum absolute atomic E-state index is 0.0320. The lowest BCUT2D eigenvalue weighted by Gasteiger charge is -2.27. The first-order valence-corrected chi connectivity index (χ1v) is 12.3. The smallest absolute Gasteiger partial charge is 0.276 e. The van der Waals surface area contributed by atoms with Crippen molar-refractivity contribution < 1.29 is 14.4 Å². The van der Waals surface area contributed by atoms with Crippen molar-refractivity contribution in [2.75, 3.05) is 41.9 Å². The van der Waals surface area contributed by atoms with Crippen LogP contribution in [0.2, 0.25) is 0 Å². The Morgan fingerprint density at radius 2 is 1.67 bits per heavy atom. The Morgan fingerprint density at radius 1 is 0.949 bits per heavy atom. The summed E-state index contributed by atoms with van der Waals surface area (Å²) in [5, 5.41) is 18.7. The second kappa shape index (κ2) is 12.4. The number of para-hydroxylation sites is 2. The largest absolute Gasteiger partial charge is 0.489 e. The van der Waals surface area contributed by atoms with E-state index in [1.807, 2.05) is 47.4 Å². The van der Waals surface area contributed by atoms with Crippen molar-refractivity contribution in [3.63, 3.8) is 0 Å². The summed E-state index contributed by atoms with van der Waals surface area (Å²) in [6.07, 6.45) is 1.63. The maximum absolute atomic E-state index is 11.2. The Hall–Kier alpha value is -5.10. The molecule has 0 atom stereocenters. The maximum Gasteiger partial charge on any atom is 0.276 e. The Bertz CT molecular complexity index is 1430. The lowest BCUT2D eigenvalue weighted by molar-refractivity contribution is -0.385. The zero-order valence-corrected chi connectivity index (χ0v) is 20.9. The minimum Gasteiger partial charge on any atom is -0.489 e. The SMILES string of the molecule is O=[N+]([O-])c1ccccc1COc1ccc(/C=N/Nc2nc(Nc3ccccc3)nc(N3CCOCC3)n2)cc1. The molecule has 2 N–H and O–H groups in total. The standard InChI is InChI=1S/C27H26N8O4/c36-35(37)24-9-5-4-6-21(24)19-39-23-12-10-20(11-13-23)18-28-33-26-30-25(29-22-7-2-1-3-8-22)31-27(32-26)34-14-16-38-17-15-34/h1-13,18H,14-17,19H2,(H2,29,30,31,32,33)/b28-18+. The summed E-state index contributed by atoms with van der Waals surface area (Å²) >= 11 is 0. The van der Waals surface area contributed by atoms with Crippen molar-refractivity contribution in [3.05, 3.63) is 100 Å². The van der Waals surface area contributed by atoms with E-state index in [1.165, 1.54) is 6.07 Å². The topological polar surface area (TPSA) is 140 Å². The number of hydrogen-bond acceptors (Lipinski definition) is 11. The fourth-order valence-corrected chi connectivity index (χ4v) is 3.81. The fraction of sp³-hybridized carbons (Fsp3) is 0.185. The highest BCUT2D eigenvalue weighted by molar-refractivity contribution is 5.80. The van der Waals surface area contributed by atoms with E-state index in [1.54, 1.807) is 36.5 Å². The molecule has 0 bridgehead atoms. The average Bonchev–Trinajstić information content (AvgIpc) is 2.98. The number of benzene rings is 3. The molecular formula is C27H26N8O4. The van der Waals surface area contributed by atoms with Crippen molar-refractivity contribution in [2.24, 2.45) is 5.10 Å². The molecule has 1 aliphatic rings. The van der Waals surface area contributed by atoms with Crippen LogP contribution in [-0.4, -0.2) is 52.4 Å². The van der Waals surface area contributed by atoms with Crippen LogP contribution in [0.3, 0.4) is 0 Å². The van der Waals surface area contributed by atoms with E-state index in [-0.39, 0.29) is 12.3 Å². The third-order valence-corrected chi connectivity index (χ3v) is 5.79. The number of morpholine rings is 1. The van der Waals surface area contributed by atoms with E-state index >= 15 is 0 Å². The Kier molecular flexibility index (Phi) is 8.14. The summed E-state index contributed by atoms with van der Waals surface area (Å²) in [5.74, 6) is 1.81. The van der Waals surface area contributed by atoms with Gasteiger partial charge in [0.15, 0.2) is 0 Å². The van der Waals surface area contributed by atoms with Crippen molar-refractivity contribution in [2.45, 2.75) is 6.61 Å².